The number of carbonyl (C=O) groups excluding carboxylic acids is 1. The van der Waals surface area contributed by atoms with E-state index in [1.165, 1.54) is 19.3 Å². The zero-order valence-electron chi connectivity index (χ0n) is 15.9. The molecule has 0 aromatic carbocycles. The minimum Gasteiger partial charge on any atom is -0.390 e. The Morgan fingerprint density at radius 1 is 1.12 bits per heavy atom. The fourth-order valence-corrected chi connectivity index (χ4v) is 5.81. The SMILES string of the molecule is CC1(C)CCC[C@]2(C)C[C@H](CC(=O)N3CCOCC3)[C@@](C)(O)C[C@H]12. The maximum absolute atomic E-state index is 12.7. The summed E-state index contributed by atoms with van der Waals surface area (Å²) in [5.74, 6) is 0.812. The van der Waals surface area contributed by atoms with Gasteiger partial charge in [-0.2, -0.15) is 0 Å². The lowest BCUT2D eigenvalue weighted by atomic mass is 9.47. The minimum atomic E-state index is -0.735. The molecule has 2 saturated carbocycles. The first-order chi connectivity index (χ1) is 11.1. The van der Waals surface area contributed by atoms with Crippen molar-refractivity contribution in [3.8, 4) is 0 Å². The summed E-state index contributed by atoms with van der Waals surface area (Å²) in [7, 11) is 0. The van der Waals surface area contributed by atoms with Gasteiger partial charge in [-0.05, 0) is 55.3 Å². The van der Waals surface area contributed by atoms with Crippen molar-refractivity contribution < 1.29 is 14.6 Å². The zero-order chi connectivity index (χ0) is 17.6. The Bertz CT molecular complexity index is 481. The van der Waals surface area contributed by atoms with Crippen LogP contribution in [0.3, 0.4) is 0 Å². The van der Waals surface area contributed by atoms with E-state index in [2.05, 4.69) is 20.8 Å². The van der Waals surface area contributed by atoms with Crippen LogP contribution in [0.2, 0.25) is 0 Å². The highest BCUT2D eigenvalue weighted by molar-refractivity contribution is 5.76. The first kappa shape index (κ1) is 18.2. The first-order valence-corrected chi connectivity index (χ1v) is 9.72. The summed E-state index contributed by atoms with van der Waals surface area (Å²) in [6.07, 6.45) is 6.05. The van der Waals surface area contributed by atoms with Crippen molar-refractivity contribution in [3.63, 3.8) is 0 Å². The highest BCUT2D eigenvalue weighted by Crippen LogP contribution is 2.61. The Hall–Kier alpha value is -0.610. The van der Waals surface area contributed by atoms with Gasteiger partial charge in [-0.1, -0.05) is 27.2 Å². The number of nitrogens with zero attached hydrogens (tertiary/aromatic N) is 1. The van der Waals surface area contributed by atoms with E-state index < -0.39 is 5.60 Å². The van der Waals surface area contributed by atoms with E-state index >= 15 is 0 Å². The summed E-state index contributed by atoms with van der Waals surface area (Å²) in [4.78, 5) is 14.6. The first-order valence-electron chi connectivity index (χ1n) is 9.72. The molecule has 2 aliphatic carbocycles. The molecule has 138 valence electrons. The highest BCUT2D eigenvalue weighted by Gasteiger charge is 2.55. The van der Waals surface area contributed by atoms with Crippen LogP contribution in [0.25, 0.3) is 0 Å². The topological polar surface area (TPSA) is 49.8 Å². The van der Waals surface area contributed by atoms with Crippen LogP contribution >= 0.6 is 0 Å². The van der Waals surface area contributed by atoms with Gasteiger partial charge >= 0.3 is 0 Å². The molecule has 1 N–H and O–H groups in total. The number of carbonyl (C=O) groups is 1. The van der Waals surface area contributed by atoms with E-state index in [1.54, 1.807) is 0 Å². The second-order valence-corrected chi connectivity index (χ2v) is 9.71. The third-order valence-corrected chi connectivity index (χ3v) is 7.35. The number of aliphatic hydroxyl groups is 1. The Labute approximate surface area is 146 Å². The van der Waals surface area contributed by atoms with Gasteiger partial charge in [0.25, 0.3) is 0 Å². The number of hydrogen-bond acceptors (Lipinski definition) is 3. The molecular formula is C20H35NO3. The molecule has 0 aromatic heterocycles. The van der Waals surface area contributed by atoms with Gasteiger partial charge in [-0.15, -0.1) is 0 Å². The third kappa shape index (κ3) is 3.37. The fraction of sp³-hybridized carbons (Fsp3) is 0.950. The maximum Gasteiger partial charge on any atom is 0.223 e. The van der Waals surface area contributed by atoms with Gasteiger partial charge in [0, 0.05) is 19.5 Å². The van der Waals surface area contributed by atoms with Crippen LogP contribution in [-0.4, -0.2) is 47.8 Å². The third-order valence-electron chi connectivity index (χ3n) is 7.35. The molecule has 3 rings (SSSR count). The van der Waals surface area contributed by atoms with Crippen LogP contribution in [0.15, 0.2) is 0 Å². The van der Waals surface area contributed by atoms with Crippen molar-refractivity contribution in [3.05, 3.63) is 0 Å². The molecule has 1 amide bonds. The number of morpholine rings is 1. The molecule has 4 nitrogen and oxygen atoms in total. The van der Waals surface area contributed by atoms with Crippen molar-refractivity contribution in [2.75, 3.05) is 26.3 Å². The van der Waals surface area contributed by atoms with Crippen LogP contribution in [0.1, 0.15) is 66.2 Å². The van der Waals surface area contributed by atoms with Gasteiger partial charge in [-0.3, -0.25) is 4.79 Å². The van der Waals surface area contributed by atoms with E-state index in [-0.39, 0.29) is 22.7 Å². The average molecular weight is 338 g/mol. The van der Waals surface area contributed by atoms with Gasteiger partial charge in [0.2, 0.25) is 5.91 Å². The molecule has 3 fully saturated rings. The lowest BCUT2D eigenvalue weighted by molar-refractivity contribution is -0.160. The van der Waals surface area contributed by atoms with E-state index in [4.69, 9.17) is 4.74 Å². The molecule has 4 atom stereocenters. The predicted octanol–water partition coefficient (Wildman–Crippen LogP) is 3.23. The van der Waals surface area contributed by atoms with Crippen LogP contribution in [-0.2, 0) is 9.53 Å². The predicted molar refractivity (Wildman–Crippen MR) is 94.6 cm³/mol. The van der Waals surface area contributed by atoms with Crippen molar-refractivity contribution in [1.29, 1.82) is 0 Å². The molecule has 0 spiro atoms. The summed E-state index contributed by atoms with van der Waals surface area (Å²) in [6, 6.07) is 0. The highest BCUT2D eigenvalue weighted by atomic mass is 16.5. The number of amides is 1. The molecule has 1 aliphatic heterocycles. The van der Waals surface area contributed by atoms with E-state index in [1.807, 2.05) is 11.8 Å². The van der Waals surface area contributed by atoms with Crippen molar-refractivity contribution in [1.82, 2.24) is 4.90 Å². The quantitative estimate of drug-likeness (QED) is 0.841. The molecule has 0 unspecified atom stereocenters. The van der Waals surface area contributed by atoms with Gasteiger partial charge in [0.15, 0.2) is 0 Å². The van der Waals surface area contributed by atoms with E-state index in [9.17, 15) is 9.90 Å². The minimum absolute atomic E-state index is 0.0722. The maximum atomic E-state index is 12.7. The summed E-state index contributed by atoms with van der Waals surface area (Å²) >= 11 is 0. The Kier molecular flexibility index (Phi) is 4.76. The summed E-state index contributed by atoms with van der Waals surface area (Å²) < 4.78 is 5.35. The molecule has 4 heteroatoms. The van der Waals surface area contributed by atoms with Crippen molar-refractivity contribution in [2.45, 2.75) is 71.8 Å². The molecule has 0 aromatic rings. The largest absolute Gasteiger partial charge is 0.390 e. The molecule has 0 radical (unpaired) electrons. The molecule has 0 bridgehead atoms. The lowest BCUT2D eigenvalue weighted by Gasteiger charge is -2.59. The smallest absolute Gasteiger partial charge is 0.223 e. The number of rotatable bonds is 2. The van der Waals surface area contributed by atoms with Gasteiger partial charge < -0.3 is 14.7 Å². The lowest BCUT2D eigenvalue weighted by Crippen LogP contribution is -2.55. The Morgan fingerprint density at radius 3 is 2.46 bits per heavy atom. The number of fused-ring (bicyclic) bond motifs is 1. The van der Waals surface area contributed by atoms with Gasteiger partial charge in [-0.25, -0.2) is 0 Å². The molecular weight excluding hydrogens is 302 g/mol. The fourth-order valence-electron chi connectivity index (χ4n) is 5.81. The van der Waals surface area contributed by atoms with Crippen LogP contribution in [0.4, 0.5) is 0 Å². The van der Waals surface area contributed by atoms with Crippen molar-refractivity contribution >= 4 is 5.91 Å². The van der Waals surface area contributed by atoms with Crippen LogP contribution in [0.5, 0.6) is 0 Å². The zero-order valence-corrected chi connectivity index (χ0v) is 15.9. The molecule has 1 heterocycles. The Balaban J connectivity index is 1.73. The monoisotopic (exact) mass is 337 g/mol. The molecule has 3 aliphatic rings. The Morgan fingerprint density at radius 2 is 1.79 bits per heavy atom. The van der Waals surface area contributed by atoms with Crippen LogP contribution in [0, 0.1) is 22.7 Å². The summed E-state index contributed by atoms with van der Waals surface area (Å²) in [5, 5.41) is 11.2. The summed E-state index contributed by atoms with van der Waals surface area (Å²) in [5.41, 5.74) is -0.184. The number of hydrogen-bond donors (Lipinski definition) is 1. The normalized spacial score (nSPS) is 42.5. The second kappa shape index (κ2) is 6.28. The molecule has 1 saturated heterocycles. The van der Waals surface area contributed by atoms with E-state index in [0.29, 0.717) is 38.6 Å². The molecule has 24 heavy (non-hydrogen) atoms. The van der Waals surface area contributed by atoms with Crippen LogP contribution < -0.4 is 0 Å². The van der Waals surface area contributed by atoms with Gasteiger partial charge in [0.05, 0.1) is 18.8 Å². The average Bonchev–Trinajstić information content (AvgIpc) is 2.50. The van der Waals surface area contributed by atoms with Crippen molar-refractivity contribution in [2.24, 2.45) is 22.7 Å². The number of ether oxygens (including phenoxy) is 1. The second-order valence-electron chi connectivity index (χ2n) is 9.71. The standard InChI is InChI=1S/C20H35NO3/c1-18(2)6-5-7-19(3)13-15(20(4,23)14-16(18)19)12-17(22)21-8-10-24-11-9-21/h15-16,23H,5-14H2,1-4H3/t15-,16+,19+,20-/m0/s1. The summed E-state index contributed by atoms with van der Waals surface area (Å²) in [6.45, 7) is 11.8. The van der Waals surface area contributed by atoms with Gasteiger partial charge in [0.1, 0.15) is 0 Å². The van der Waals surface area contributed by atoms with E-state index in [0.717, 1.165) is 12.8 Å².